The van der Waals surface area contributed by atoms with E-state index in [0.29, 0.717) is 5.95 Å². The minimum Gasteiger partial charge on any atom is -0.369 e. The third kappa shape index (κ3) is 1.95. The topological polar surface area (TPSA) is 63.8 Å². The van der Waals surface area contributed by atoms with Crippen LogP contribution >= 0.6 is 22.6 Å². The summed E-state index contributed by atoms with van der Waals surface area (Å²) in [5.41, 5.74) is 8.95. The highest BCUT2D eigenvalue weighted by Gasteiger charge is 2.19. The number of nitrogen functional groups attached to an aromatic ring is 1. The van der Waals surface area contributed by atoms with Gasteiger partial charge in [0, 0.05) is 21.2 Å². The number of anilines is 2. The maximum absolute atomic E-state index is 5.74. The lowest BCUT2D eigenvalue weighted by Gasteiger charge is -2.07. The molecule has 0 saturated carbocycles. The molecule has 0 fully saturated rings. The van der Waals surface area contributed by atoms with E-state index in [-0.39, 0.29) is 0 Å². The molecule has 0 radical (unpaired) electrons. The van der Waals surface area contributed by atoms with Gasteiger partial charge in [-0.2, -0.15) is 4.98 Å². The van der Waals surface area contributed by atoms with Gasteiger partial charge >= 0.3 is 0 Å². The molecule has 1 aliphatic heterocycles. The summed E-state index contributed by atoms with van der Waals surface area (Å²) in [6, 6.07) is 8.29. The number of benzene rings is 1. The molecule has 0 bridgehead atoms. The van der Waals surface area contributed by atoms with Crippen molar-refractivity contribution in [3.8, 4) is 11.3 Å². The van der Waals surface area contributed by atoms with E-state index in [4.69, 9.17) is 5.73 Å². The predicted molar refractivity (Wildman–Crippen MR) is 76.8 cm³/mol. The van der Waals surface area contributed by atoms with E-state index in [1.165, 1.54) is 9.13 Å². The second-order valence-corrected chi connectivity index (χ2v) is 5.19. The highest BCUT2D eigenvalue weighted by atomic mass is 127. The van der Waals surface area contributed by atoms with Crippen LogP contribution in [0.4, 0.5) is 11.8 Å². The van der Waals surface area contributed by atoms with Crippen LogP contribution < -0.4 is 11.1 Å². The van der Waals surface area contributed by atoms with Crippen molar-refractivity contribution in [3.63, 3.8) is 0 Å². The molecule has 4 nitrogen and oxygen atoms in total. The highest BCUT2D eigenvalue weighted by molar-refractivity contribution is 14.1. The average molecular weight is 338 g/mol. The van der Waals surface area contributed by atoms with Crippen molar-refractivity contribution in [2.75, 3.05) is 17.6 Å². The molecule has 0 unspecified atom stereocenters. The minimum absolute atomic E-state index is 0.326. The van der Waals surface area contributed by atoms with Crippen molar-refractivity contribution in [2.24, 2.45) is 0 Å². The van der Waals surface area contributed by atoms with Crippen LogP contribution in [-0.2, 0) is 6.42 Å². The molecule has 1 aromatic carbocycles. The van der Waals surface area contributed by atoms with Crippen molar-refractivity contribution in [3.05, 3.63) is 33.4 Å². The van der Waals surface area contributed by atoms with Gasteiger partial charge in [-0.05, 0) is 41.1 Å². The molecule has 1 aromatic heterocycles. The van der Waals surface area contributed by atoms with Crippen LogP contribution in [0, 0.1) is 3.57 Å². The number of nitrogens with one attached hydrogen (secondary N) is 1. The van der Waals surface area contributed by atoms with E-state index in [0.717, 1.165) is 30.0 Å². The van der Waals surface area contributed by atoms with E-state index in [1.807, 2.05) is 0 Å². The maximum atomic E-state index is 5.74. The van der Waals surface area contributed by atoms with E-state index < -0.39 is 0 Å². The number of nitrogens with zero attached hydrogens (tertiary/aromatic N) is 2. The molecular weight excluding hydrogens is 327 g/mol. The summed E-state index contributed by atoms with van der Waals surface area (Å²) >= 11 is 2.29. The summed E-state index contributed by atoms with van der Waals surface area (Å²) in [5.74, 6) is 1.21. The summed E-state index contributed by atoms with van der Waals surface area (Å²) in [6.07, 6.45) is 0.955. The van der Waals surface area contributed by atoms with Crippen molar-refractivity contribution in [1.82, 2.24) is 9.97 Å². The first-order chi connectivity index (χ1) is 8.24. The average Bonchev–Trinajstić information content (AvgIpc) is 2.77. The Labute approximate surface area is 113 Å². The molecule has 0 amide bonds. The molecule has 0 saturated heterocycles. The minimum atomic E-state index is 0.326. The number of aromatic nitrogens is 2. The molecule has 2 heterocycles. The van der Waals surface area contributed by atoms with E-state index in [2.05, 4.69) is 62.1 Å². The van der Waals surface area contributed by atoms with Gasteiger partial charge in [-0.25, -0.2) is 4.98 Å². The van der Waals surface area contributed by atoms with Gasteiger partial charge in [0.1, 0.15) is 5.82 Å². The fraction of sp³-hybridized carbons (Fsp3) is 0.167. The lowest BCUT2D eigenvalue weighted by molar-refractivity contribution is 1.09. The third-order valence-corrected chi connectivity index (χ3v) is 3.53. The first kappa shape index (κ1) is 10.8. The zero-order valence-corrected chi connectivity index (χ0v) is 11.2. The van der Waals surface area contributed by atoms with Gasteiger partial charge in [-0.1, -0.05) is 12.1 Å². The predicted octanol–water partition coefficient (Wildman–Crippen LogP) is 2.30. The Balaban J connectivity index is 2.17. The lowest BCUT2D eigenvalue weighted by atomic mass is 10.1. The van der Waals surface area contributed by atoms with Crippen LogP contribution in [-0.4, -0.2) is 16.5 Å². The van der Waals surface area contributed by atoms with Crippen molar-refractivity contribution in [1.29, 1.82) is 0 Å². The van der Waals surface area contributed by atoms with Crippen LogP contribution in [0.3, 0.4) is 0 Å². The number of hydrogen-bond acceptors (Lipinski definition) is 4. The fourth-order valence-corrected chi connectivity index (χ4v) is 2.40. The van der Waals surface area contributed by atoms with Crippen LogP contribution in [0.1, 0.15) is 5.56 Å². The summed E-state index contributed by atoms with van der Waals surface area (Å²) in [6.45, 7) is 0.908. The van der Waals surface area contributed by atoms with Crippen LogP contribution in [0.25, 0.3) is 11.3 Å². The number of halogens is 1. The van der Waals surface area contributed by atoms with Crippen molar-refractivity contribution in [2.45, 2.75) is 6.42 Å². The van der Waals surface area contributed by atoms with Gasteiger partial charge in [0.05, 0.1) is 5.69 Å². The maximum Gasteiger partial charge on any atom is 0.222 e. The van der Waals surface area contributed by atoms with Gasteiger partial charge in [0.25, 0.3) is 0 Å². The largest absolute Gasteiger partial charge is 0.369 e. The number of rotatable bonds is 1. The summed E-state index contributed by atoms with van der Waals surface area (Å²) in [4.78, 5) is 8.58. The summed E-state index contributed by atoms with van der Waals surface area (Å²) in [5, 5.41) is 3.23. The molecule has 0 atom stereocenters. The van der Waals surface area contributed by atoms with Gasteiger partial charge in [-0.15, -0.1) is 0 Å². The second kappa shape index (κ2) is 4.14. The molecule has 1 aliphatic rings. The molecule has 5 heteroatoms. The smallest absolute Gasteiger partial charge is 0.222 e. The molecule has 3 rings (SSSR count). The zero-order chi connectivity index (χ0) is 11.8. The van der Waals surface area contributed by atoms with Crippen LogP contribution in [0.5, 0.6) is 0 Å². The first-order valence-corrected chi connectivity index (χ1v) is 6.48. The molecular formula is C12H11IN4. The van der Waals surface area contributed by atoms with Crippen LogP contribution in [0.15, 0.2) is 24.3 Å². The molecule has 0 aliphatic carbocycles. The summed E-state index contributed by atoms with van der Waals surface area (Å²) in [7, 11) is 0. The van der Waals surface area contributed by atoms with E-state index in [9.17, 15) is 0 Å². The normalized spacial score (nSPS) is 13.2. The molecule has 0 spiro atoms. The lowest BCUT2D eigenvalue weighted by Crippen LogP contribution is -2.01. The van der Waals surface area contributed by atoms with E-state index in [1.54, 1.807) is 0 Å². The van der Waals surface area contributed by atoms with Gasteiger partial charge in [-0.3, -0.25) is 0 Å². The Morgan fingerprint density at radius 2 is 1.94 bits per heavy atom. The first-order valence-electron chi connectivity index (χ1n) is 5.40. The fourth-order valence-electron chi connectivity index (χ4n) is 2.04. The molecule has 3 N–H and O–H groups in total. The SMILES string of the molecule is Nc1nc2c(c(-c3ccc(I)cc3)n1)CCN2. The quantitative estimate of drug-likeness (QED) is 0.784. The van der Waals surface area contributed by atoms with Crippen LogP contribution in [0.2, 0.25) is 0 Å². The van der Waals surface area contributed by atoms with Gasteiger partial charge in [0.15, 0.2) is 0 Å². The zero-order valence-electron chi connectivity index (χ0n) is 9.07. The Bertz CT molecular complexity index is 565. The standard InChI is InChI=1S/C12H11IN4/c13-8-3-1-7(2-4-8)10-9-5-6-15-11(9)17-12(14)16-10/h1-4H,5-6H2,(H3,14,15,16,17). The van der Waals surface area contributed by atoms with Gasteiger partial charge in [0.2, 0.25) is 5.95 Å². The molecule has 17 heavy (non-hydrogen) atoms. The summed E-state index contributed by atoms with van der Waals surface area (Å²) < 4.78 is 1.21. The Morgan fingerprint density at radius 1 is 1.18 bits per heavy atom. The van der Waals surface area contributed by atoms with E-state index >= 15 is 0 Å². The number of fused-ring (bicyclic) bond motifs is 1. The molecule has 2 aromatic rings. The van der Waals surface area contributed by atoms with Crippen molar-refractivity contribution >= 4 is 34.4 Å². The Hall–Kier alpha value is -1.37. The second-order valence-electron chi connectivity index (χ2n) is 3.94. The highest BCUT2D eigenvalue weighted by Crippen LogP contribution is 2.30. The number of hydrogen-bond donors (Lipinski definition) is 2. The molecule has 86 valence electrons. The van der Waals surface area contributed by atoms with Crippen molar-refractivity contribution < 1.29 is 0 Å². The third-order valence-electron chi connectivity index (χ3n) is 2.81. The van der Waals surface area contributed by atoms with Gasteiger partial charge < -0.3 is 11.1 Å². The monoisotopic (exact) mass is 338 g/mol. The number of nitrogens with two attached hydrogens (primary N) is 1. The Kier molecular flexibility index (Phi) is 2.62. The Morgan fingerprint density at radius 3 is 2.71 bits per heavy atom.